The Balaban J connectivity index is 1.70. The number of aliphatic hydroxyl groups is 1. The van der Waals surface area contributed by atoms with Crippen LogP contribution < -0.4 is 0 Å². The van der Waals surface area contributed by atoms with Gasteiger partial charge in [0.1, 0.15) is 16.9 Å². The SMILES string of the molecule is Cc1nn(C)c2cnn(CCC(=O)N(CCO)Cc3ccccc3F)c12. The van der Waals surface area contributed by atoms with E-state index in [2.05, 4.69) is 10.2 Å². The second kappa shape index (κ2) is 7.65. The summed E-state index contributed by atoms with van der Waals surface area (Å²) in [6, 6.07) is 6.34. The third-order valence-corrected chi connectivity index (χ3v) is 4.39. The lowest BCUT2D eigenvalue weighted by Crippen LogP contribution is -2.34. The molecule has 138 valence electrons. The predicted octanol–water partition coefficient (Wildman–Crippen LogP) is 1.63. The molecule has 8 heteroatoms. The molecule has 0 atom stereocenters. The molecule has 0 saturated carbocycles. The number of aromatic nitrogens is 4. The lowest BCUT2D eigenvalue weighted by molar-refractivity contribution is -0.132. The van der Waals surface area contributed by atoms with Crippen molar-refractivity contribution in [3.8, 4) is 0 Å². The Bertz CT molecular complexity index is 918. The number of halogens is 1. The molecule has 0 radical (unpaired) electrons. The summed E-state index contributed by atoms with van der Waals surface area (Å²) in [6.07, 6.45) is 1.93. The van der Waals surface area contributed by atoms with Crippen molar-refractivity contribution in [2.45, 2.75) is 26.4 Å². The maximum absolute atomic E-state index is 13.9. The second-order valence-electron chi connectivity index (χ2n) is 6.19. The first-order valence-corrected chi connectivity index (χ1v) is 8.48. The highest BCUT2D eigenvalue weighted by molar-refractivity contribution is 5.78. The minimum absolute atomic E-state index is 0.131. The van der Waals surface area contributed by atoms with Crippen LogP contribution in [0.5, 0.6) is 0 Å². The predicted molar refractivity (Wildman–Crippen MR) is 94.8 cm³/mol. The molecule has 0 saturated heterocycles. The first-order chi connectivity index (χ1) is 12.5. The van der Waals surface area contributed by atoms with Crippen LogP contribution in [0.15, 0.2) is 30.5 Å². The van der Waals surface area contributed by atoms with Gasteiger partial charge in [-0.05, 0) is 13.0 Å². The van der Waals surface area contributed by atoms with E-state index in [9.17, 15) is 14.3 Å². The highest BCUT2D eigenvalue weighted by atomic mass is 19.1. The molecule has 0 aliphatic rings. The van der Waals surface area contributed by atoms with Crippen molar-refractivity contribution in [2.75, 3.05) is 13.2 Å². The van der Waals surface area contributed by atoms with Crippen molar-refractivity contribution in [2.24, 2.45) is 7.05 Å². The van der Waals surface area contributed by atoms with Crippen LogP contribution in [0.3, 0.4) is 0 Å². The molecular weight excluding hydrogens is 337 g/mol. The number of nitrogens with zero attached hydrogens (tertiary/aromatic N) is 5. The lowest BCUT2D eigenvalue weighted by atomic mass is 10.2. The number of fused-ring (bicyclic) bond motifs is 1. The van der Waals surface area contributed by atoms with Gasteiger partial charge in [0.15, 0.2) is 0 Å². The topological polar surface area (TPSA) is 76.2 Å². The van der Waals surface area contributed by atoms with Gasteiger partial charge in [0, 0.05) is 32.1 Å². The zero-order valence-electron chi connectivity index (χ0n) is 14.9. The molecule has 0 unspecified atom stereocenters. The summed E-state index contributed by atoms with van der Waals surface area (Å²) in [7, 11) is 1.85. The molecule has 3 rings (SSSR count). The molecule has 0 bridgehead atoms. The molecule has 2 heterocycles. The number of hydrogen-bond donors (Lipinski definition) is 1. The zero-order chi connectivity index (χ0) is 18.7. The van der Waals surface area contributed by atoms with Crippen LogP contribution in [0.2, 0.25) is 0 Å². The van der Waals surface area contributed by atoms with Gasteiger partial charge in [0.25, 0.3) is 0 Å². The van der Waals surface area contributed by atoms with E-state index in [-0.39, 0.29) is 37.8 Å². The molecule has 1 N–H and O–H groups in total. The monoisotopic (exact) mass is 359 g/mol. The summed E-state index contributed by atoms with van der Waals surface area (Å²) < 4.78 is 17.4. The molecule has 1 aromatic carbocycles. The Hall–Kier alpha value is -2.74. The van der Waals surface area contributed by atoms with E-state index in [1.165, 1.54) is 11.0 Å². The first-order valence-electron chi connectivity index (χ1n) is 8.48. The molecule has 3 aromatic rings. The minimum atomic E-state index is -0.358. The molecule has 1 amide bonds. The minimum Gasteiger partial charge on any atom is -0.395 e. The highest BCUT2D eigenvalue weighted by Crippen LogP contribution is 2.17. The van der Waals surface area contributed by atoms with Gasteiger partial charge in [-0.3, -0.25) is 14.2 Å². The van der Waals surface area contributed by atoms with Crippen LogP contribution in [-0.2, 0) is 24.9 Å². The summed E-state index contributed by atoms with van der Waals surface area (Å²) in [5, 5.41) is 17.9. The van der Waals surface area contributed by atoms with E-state index in [1.54, 1.807) is 33.8 Å². The summed E-state index contributed by atoms with van der Waals surface area (Å²) in [6.45, 7) is 2.42. The van der Waals surface area contributed by atoms with Crippen LogP contribution in [-0.4, -0.2) is 48.6 Å². The summed E-state index contributed by atoms with van der Waals surface area (Å²) in [5.74, 6) is -0.518. The normalized spacial score (nSPS) is 11.2. The molecule has 0 aliphatic heterocycles. The molecule has 26 heavy (non-hydrogen) atoms. The smallest absolute Gasteiger partial charge is 0.224 e. The van der Waals surface area contributed by atoms with Gasteiger partial charge >= 0.3 is 0 Å². The Labute approximate surface area is 150 Å². The van der Waals surface area contributed by atoms with Crippen LogP contribution in [0.25, 0.3) is 11.0 Å². The van der Waals surface area contributed by atoms with Gasteiger partial charge in [-0.25, -0.2) is 4.39 Å². The van der Waals surface area contributed by atoms with Crippen molar-refractivity contribution in [1.82, 2.24) is 24.5 Å². The Morgan fingerprint density at radius 2 is 2.12 bits per heavy atom. The Morgan fingerprint density at radius 1 is 1.35 bits per heavy atom. The van der Waals surface area contributed by atoms with Crippen molar-refractivity contribution in [3.05, 3.63) is 47.5 Å². The molecule has 2 aromatic heterocycles. The number of aryl methyl sites for hydroxylation is 3. The number of benzene rings is 1. The summed E-state index contributed by atoms with van der Waals surface area (Å²) in [4.78, 5) is 14.1. The van der Waals surface area contributed by atoms with Gasteiger partial charge in [0.2, 0.25) is 5.91 Å². The number of hydrogen-bond acceptors (Lipinski definition) is 4. The van der Waals surface area contributed by atoms with Crippen molar-refractivity contribution < 1.29 is 14.3 Å². The Kier molecular flexibility index (Phi) is 5.32. The van der Waals surface area contributed by atoms with Gasteiger partial charge in [-0.15, -0.1) is 0 Å². The number of amides is 1. The van der Waals surface area contributed by atoms with Gasteiger partial charge in [-0.2, -0.15) is 10.2 Å². The fraction of sp³-hybridized carbons (Fsp3) is 0.389. The van der Waals surface area contributed by atoms with Gasteiger partial charge in [0.05, 0.1) is 25.0 Å². The van der Waals surface area contributed by atoms with E-state index in [4.69, 9.17) is 0 Å². The third-order valence-electron chi connectivity index (χ3n) is 4.39. The van der Waals surface area contributed by atoms with Crippen molar-refractivity contribution in [1.29, 1.82) is 0 Å². The number of rotatable bonds is 7. The van der Waals surface area contributed by atoms with E-state index < -0.39 is 0 Å². The molecule has 0 spiro atoms. The summed E-state index contributed by atoms with van der Waals surface area (Å²) in [5.41, 5.74) is 3.10. The quantitative estimate of drug-likeness (QED) is 0.696. The van der Waals surface area contributed by atoms with E-state index in [1.807, 2.05) is 14.0 Å². The zero-order valence-corrected chi connectivity index (χ0v) is 14.9. The fourth-order valence-electron chi connectivity index (χ4n) is 3.08. The fourth-order valence-corrected chi connectivity index (χ4v) is 3.08. The standard InChI is InChI=1S/C18H22FN5O2/c1-13-18-16(22(2)21-13)11-20-24(18)8-7-17(26)23(9-10-25)12-14-5-3-4-6-15(14)19/h3-6,11,25H,7-10,12H2,1-2H3. The average Bonchev–Trinajstić information content (AvgIpc) is 3.16. The number of carbonyl (C=O) groups excluding carboxylic acids is 1. The lowest BCUT2D eigenvalue weighted by Gasteiger charge is -2.22. The van der Waals surface area contributed by atoms with Crippen LogP contribution in [0.1, 0.15) is 17.7 Å². The van der Waals surface area contributed by atoms with E-state index >= 15 is 0 Å². The van der Waals surface area contributed by atoms with Crippen LogP contribution in [0, 0.1) is 12.7 Å². The van der Waals surface area contributed by atoms with Gasteiger partial charge in [-0.1, -0.05) is 18.2 Å². The number of carbonyl (C=O) groups is 1. The van der Waals surface area contributed by atoms with Crippen molar-refractivity contribution >= 4 is 16.9 Å². The maximum atomic E-state index is 13.9. The average molecular weight is 359 g/mol. The number of aliphatic hydroxyl groups excluding tert-OH is 1. The molecular formula is C18H22FN5O2. The maximum Gasteiger partial charge on any atom is 0.224 e. The van der Waals surface area contributed by atoms with Crippen LogP contribution >= 0.6 is 0 Å². The third kappa shape index (κ3) is 3.60. The first kappa shape index (κ1) is 18.1. The molecule has 0 fully saturated rings. The Morgan fingerprint density at radius 3 is 2.85 bits per heavy atom. The summed E-state index contributed by atoms with van der Waals surface area (Å²) >= 11 is 0. The van der Waals surface area contributed by atoms with Crippen molar-refractivity contribution in [3.63, 3.8) is 0 Å². The largest absolute Gasteiger partial charge is 0.395 e. The molecule has 0 aliphatic carbocycles. The van der Waals surface area contributed by atoms with Gasteiger partial charge < -0.3 is 10.0 Å². The highest BCUT2D eigenvalue weighted by Gasteiger charge is 2.17. The second-order valence-corrected chi connectivity index (χ2v) is 6.19. The van der Waals surface area contributed by atoms with E-state index in [0.29, 0.717) is 12.1 Å². The molecule has 7 nitrogen and oxygen atoms in total. The van der Waals surface area contributed by atoms with E-state index in [0.717, 1.165) is 16.7 Å². The van der Waals surface area contributed by atoms with Crippen LogP contribution in [0.4, 0.5) is 4.39 Å².